The van der Waals surface area contributed by atoms with Crippen molar-refractivity contribution in [2.75, 3.05) is 12.3 Å². The molecule has 0 radical (unpaired) electrons. The highest BCUT2D eigenvalue weighted by Crippen LogP contribution is 2.39. The number of carbonyl (C=O) groups excluding carboxylic acids is 1. The van der Waals surface area contributed by atoms with Crippen molar-refractivity contribution in [1.29, 1.82) is 0 Å². The molecule has 0 aromatic carbocycles. The minimum absolute atomic E-state index is 0.0259. The third-order valence-electron chi connectivity index (χ3n) is 4.62. The predicted octanol–water partition coefficient (Wildman–Crippen LogP) is 2.01. The van der Waals surface area contributed by atoms with E-state index in [1.807, 2.05) is 10.9 Å². The Kier molecular flexibility index (Phi) is 3.37. The van der Waals surface area contributed by atoms with Crippen LogP contribution >= 0.6 is 0 Å². The summed E-state index contributed by atoms with van der Waals surface area (Å²) >= 11 is 0. The molecule has 23 heavy (non-hydrogen) atoms. The van der Waals surface area contributed by atoms with Crippen LogP contribution in [0.25, 0.3) is 11.3 Å². The monoisotopic (exact) mass is 316 g/mol. The van der Waals surface area contributed by atoms with E-state index in [2.05, 4.69) is 0 Å². The maximum atomic E-state index is 11.5. The Bertz CT molecular complexity index is 756. The first kappa shape index (κ1) is 14.3. The Morgan fingerprint density at radius 2 is 2.17 bits per heavy atom. The van der Waals surface area contributed by atoms with Crippen LogP contribution in [0.15, 0.2) is 10.6 Å². The Labute approximate surface area is 133 Å². The standard InChI is InChI=1S/C16H20N4O3/c17-13-9-4-3-5-11-10(14(9)23-15(13)16(18)21)8-20(19-11)12-6-1-2-7-22-12/h8,12H,1-7,17H2,(H2,18,21). The molecule has 122 valence electrons. The fraction of sp³-hybridized carbons (Fsp3) is 0.500. The number of hydrogen-bond donors (Lipinski definition) is 2. The largest absolute Gasteiger partial charge is 0.448 e. The summed E-state index contributed by atoms with van der Waals surface area (Å²) in [5, 5.41) is 4.69. The number of primary amides is 1. The van der Waals surface area contributed by atoms with Gasteiger partial charge in [0.2, 0.25) is 5.76 Å². The number of anilines is 1. The van der Waals surface area contributed by atoms with E-state index in [1.165, 1.54) is 0 Å². The number of furan rings is 1. The van der Waals surface area contributed by atoms with Crippen LogP contribution in [-0.2, 0) is 17.6 Å². The molecule has 7 nitrogen and oxygen atoms in total. The third kappa shape index (κ3) is 2.31. The molecule has 4 rings (SSSR count). The van der Waals surface area contributed by atoms with Crippen molar-refractivity contribution in [3.8, 4) is 11.3 Å². The van der Waals surface area contributed by atoms with E-state index < -0.39 is 5.91 Å². The van der Waals surface area contributed by atoms with Crippen LogP contribution in [0.2, 0.25) is 0 Å². The van der Waals surface area contributed by atoms with Crippen LogP contribution in [0, 0.1) is 0 Å². The number of carbonyl (C=O) groups is 1. The van der Waals surface area contributed by atoms with E-state index in [-0.39, 0.29) is 12.0 Å². The highest BCUT2D eigenvalue weighted by molar-refractivity contribution is 5.97. The zero-order valence-corrected chi connectivity index (χ0v) is 12.9. The first-order chi connectivity index (χ1) is 11.1. The average molecular weight is 316 g/mol. The summed E-state index contributed by atoms with van der Waals surface area (Å²) in [6.07, 6.45) is 7.63. The third-order valence-corrected chi connectivity index (χ3v) is 4.62. The first-order valence-electron chi connectivity index (χ1n) is 8.06. The van der Waals surface area contributed by atoms with Crippen molar-refractivity contribution >= 4 is 11.6 Å². The van der Waals surface area contributed by atoms with Gasteiger partial charge >= 0.3 is 0 Å². The van der Waals surface area contributed by atoms with Gasteiger partial charge in [-0.1, -0.05) is 0 Å². The van der Waals surface area contributed by atoms with Crippen molar-refractivity contribution in [3.63, 3.8) is 0 Å². The molecule has 7 heteroatoms. The molecule has 1 amide bonds. The van der Waals surface area contributed by atoms with E-state index >= 15 is 0 Å². The molecule has 0 spiro atoms. The Hall–Kier alpha value is -2.28. The zero-order chi connectivity index (χ0) is 16.0. The number of ether oxygens (including phenoxy) is 1. The fourth-order valence-electron chi connectivity index (χ4n) is 3.44. The van der Waals surface area contributed by atoms with Crippen molar-refractivity contribution < 1.29 is 13.9 Å². The Morgan fingerprint density at radius 3 is 2.91 bits per heavy atom. The van der Waals surface area contributed by atoms with Crippen LogP contribution < -0.4 is 11.5 Å². The summed E-state index contributed by atoms with van der Waals surface area (Å²) in [7, 11) is 0. The van der Waals surface area contributed by atoms with Gasteiger partial charge in [-0.3, -0.25) is 4.79 Å². The lowest BCUT2D eigenvalue weighted by atomic mass is 10.1. The average Bonchev–Trinajstić information content (AvgIpc) is 3.06. The molecular formula is C16H20N4O3. The molecule has 2 aliphatic rings. The van der Waals surface area contributed by atoms with Gasteiger partial charge in [-0.2, -0.15) is 5.10 Å². The SMILES string of the molecule is NC(=O)c1oc2c(c1N)CCCc1nn(C3CCCCO3)cc1-2. The molecule has 1 aliphatic carbocycles. The van der Waals surface area contributed by atoms with Crippen LogP contribution in [0.1, 0.15) is 53.7 Å². The smallest absolute Gasteiger partial charge is 0.286 e. The lowest BCUT2D eigenvalue weighted by molar-refractivity contribution is -0.0396. The zero-order valence-electron chi connectivity index (χ0n) is 12.9. The van der Waals surface area contributed by atoms with E-state index in [9.17, 15) is 4.79 Å². The summed E-state index contributed by atoms with van der Waals surface area (Å²) in [5.41, 5.74) is 14.5. The molecule has 1 saturated heterocycles. The minimum atomic E-state index is -0.639. The molecular weight excluding hydrogens is 296 g/mol. The van der Waals surface area contributed by atoms with Crippen LogP contribution in [0.5, 0.6) is 0 Å². The summed E-state index contributed by atoms with van der Waals surface area (Å²) in [6, 6.07) is 0. The molecule has 1 aliphatic heterocycles. The maximum absolute atomic E-state index is 11.5. The van der Waals surface area contributed by atoms with Gasteiger partial charge in [-0.05, 0) is 38.5 Å². The van der Waals surface area contributed by atoms with Gasteiger partial charge in [0, 0.05) is 18.4 Å². The van der Waals surface area contributed by atoms with E-state index in [4.69, 9.17) is 25.7 Å². The topological polar surface area (TPSA) is 109 Å². The lowest BCUT2D eigenvalue weighted by Gasteiger charge is -2.22. The van der Waals surface area contributed by atoms with Crippen molar-refractivity contribution in [3.05, 3.63) is 23.2 Å². The second-order valence-corrected chi connectivity index (χ2v) is 6.16. The van der Waals surface area contributed by atoms with Gasteiger partial charge < -0.3 is 20.6 Å². The number of fused-ring (bicyclic) bond motifs is 3. The van der Waals surface area contributed by atoms with Crippen molar-refractivity contribution in [2.45, 2.75) is 44.8 Å². The van der Waals surface area contributed by atoms with Gasteiger partial charge in [0.15, 0.2) is 0 Å². The number of nitrogens with zero attached hydrogens (tertiary/aromatic N) is 2. The number of amides is 1. The van der Waals surface area contributed by atoms with Gasteiger partial charge in [0.25, 0.3) is 5.91 Å². The highest BCUT2D eigenvalue weighted by Gasteiger charge is 2.29. The van der Waals surface area contributed by atoms with Crippen LogP contribution in [0.3, 0.4) is 0 Å². The number of aromatic nitrogens is 2. The molecule has 1 fully saturated rings. The minimum Gasteiger partial charge on any atom is -0.448 e. The van der Waals surface area contributed by atoms with Crippen molar-refractivity contribution in [2.24, 2.45) is 5.73 Å². The van der Waals surface area contributed by atoms with Crippen molar-refractivity contribution in [1.82, 2.24) is 9.78 Å². The summed E-state index contributed by atoms with van der Waals surface area (Å²) in [6.45, 7) is 0.764. The normalized spacial score (nSPS) is 20.6. The predicted molar refractivity (Wildman–Crippen MR) is 83.7 cm³/mol. The molecule has 4 N–H and O–H groups in total. The number of hydrogen-bond acceptors (Lipinski definition) is 5. The molecule has 1 unspecified atom stereocenters. The fourth-order valence-corrected chi connectivity index (χ4v) is 3.44. The number of aryl methyl sites for hydroxylation is 1. The molecule has 3 heterocycles. The second-order valence-electron chi connectivity index (χ2n) is 6.16. The lowest BCUT2D eigenvalue weighted by Crippen LogP contribution is -2.18. The second kappa shape index (κ2) is 5.42. The highest BCUT2D eigenvalue weighted by atomic mass is 16.5. The number of rotatable bonds is 2. The van der Waals surface area contributed by atoms with Gasteiger partial charge in [-0.25, -0.2) is 4.68 Å². The van der Waals surface area contributed by atoms with Crippen LogP contribution in [-0.4, -0.2) is 22.3 Å². The maximum Gasteiger partial charge on any atom is 0.286 e. The number of nitrogen functional groups attached to an aromatic ring is 1. The summed E-state index contributed by atoms with van der Waals surface area (Å²) < 4.78 is 13.4. The quantitative estimate of drug-likeness (QED) is 0.880. The Morgan fingerprint density at radius 1 is 1.30 bits per heavy atom. The van der Waals surface area contributed by atoms with E-state index in [1.54, 1.807) is 0 Å². The van der Waals surface area contributed by atoms with Crippen LogP contribution in [0.4, 0.5) is 5.69 Å². The molecule has 0 bridgehead atoms. The van der Waals surface area contributed by atoms with E-state index in [0.717, 1.165) is 62.0 Å². The summed E-state index contributed by atoms with van der Waals surface area (Å²) in [5.74, 6) is 0.0375. The molecule has 2 aromatic heterocycles. The molecule has 2 aromatic rings. The molecule has 0 saturated carbocycles. The van der Waals surface area contributed by atoms with Gasteiger partial charge in [0.1, 0.15) is 12.0 Å². The molecule has 1 atom stereocenters. The Balaban J connectivity index is 1.79. The van der Waals surface area contributed by atoms with E-state index in [0.29, 0.717) is 11.4 Å². The van der Waals surface area contributed by atoms with Gasteiger partial charge in [0.05, 0.1) is 16.9 Å². The number of nitrogens with two attached hydrogens (primary N) is 2. The van der Waals surface area contributed by atoms with Gasteiger partial charge in [-0.15, -0.1) is 0 Å². The first-order valence-corrected chi connectivity index (χ1v) is 8.06. The summed E-state index contributed by atoms with van der Waals surface area (Å²) in [4.78, 5) is 11.5.